The second kappa shape index (κ2) is 2.74. The minimum absolute atomic E-state index is 0.137. The summed E-state index contributed by atoms with van der Waals surface area (Å²) < 4.78 is 24.7. The van der Waals surface area contributed by atoms with Gasteiger partial charge < -0.3 is 0 Å². The first-order chi connectivity index (χ1) is 5.01. The number of hydrogen-bond acceptors (Lipinski definition) is 1. The van der Waals surface area contributed by atoms with Crippen LogP contribution in [0.2, 0.25) is 0 Å². The van der Waals surface area contributed by atoms with E-state index in [1.54, 1.807) is 0 Å². The van der Waals surface area contributed by atoms with E-state index in [0.29, 0.717) is 6.08 Å². The standard InChI is InChI=1S/C7H5ClF2O/c8-6(11)5-1-3-7(9,10)4-2-5/h1-3H,4H2. The van der Waals surface area contributed by atoms with E-state index in [4.69, 9.17) is 11.6 Å². The molecule has 0 radical (unpaired) electrons. The summed E-state index contributed by atoms with van der Waals surface area (Å²) in [5, 5.41) is -0.697. The van der Waals surface area contributed by atoms with Gasteiger partial charge >= 0.3 is 0 Å². The minimum Gasteiger partial charge on any atom is -0.276 e. The van der Waals surface area contributed by atoms with Crippen molar-refractivity contribution in [3.8, 4) is 0 Å². The van der Waals surface area contributed by atoms with Crippen LogP contribution in [0.1, 0.15) is 6.42 Å². The molecule has 0 fully saturated rings. The predicted octanol–water partition coefficient (Wildman–Crippen LogP) is 2.27. The lowest BCUT2D eigenvalue weighted by molar-refractivity contribution is -0.108. The maximum absolute atomic E-state index is 12.4. The first-order valence-electron chi connectivity index (χ1n) is 2.98. The van der Waals surface area contributed by atoms with Crippen molar-refractivity contribution in [3.63, 3.8) is 0 Å². The van der Waals surface area contributed by atoms with Crippen LogP contribution in [0.5, 0.6) is 0 Å². The molecule has 1 nitrogen and oxygen atoms in total. The average molecular weight is 179 g/mol. The topological polar surface area (TPSA) is 17.1 Å². The third-order valence-corrected chi connectivity index (χ3v) is 1.55. The number of hydrogen-bond donors (Lipinski definition) is 0. The van der Waals surface area contributed by atoms with Crippen molar-refractivity contribution in [2.75, 3.05) is 0 Å². The summed E-state index contributed by atoms with van der Waals surface area (Å²) >= 11 is 5.05. The molecule has 0 aliphatic heterocycles. The molecule has 0 aromatic heterocycles. The fraction of sp³-hybridized carbons (Fsp3) is 0.286. The van der Waals surface area contributed by atoms with Crippen LogP contribution >= 0.6 is 11.6 Å². The van der Waals surface area contributed by atoms with E-state index in [9.17, 15) is 13.6 Å². The van der Waals surface area contributed by atoms with Gasteiger partial charge in [-0.3, -0.25) is 4.79 Å². The number of carbonyl (C=O) groups is 1. The van der Waals surface area contributed by atoms with Gasteiger partial charge in [0.2, 0.25) is 0 Å². The molecular formula is C7H5ClF2O. The Kier molecular flexibility index (Phi) is 2.09. The van der Waals surface area contributed by atoms with Gasteiger partial charge in [-0.25, -0.2) is 8.78 Å². The summed E-state index contributed by atoms with van der Waals surface area (Å²) in [5.74, 6) is -2.82. The molecule has 0 saturated heterocycles. The molecule has 4 heteroatoms. The van der Waals surface area contributed by atoms with Crippen LogP contribution in [0.15, 0.2) is 23.8 Å². The Morgan fingerprint density at radius 1 is 1.64 bits per heavy atom. The van der Waals surface area contributed by atoms with Crippen molar-refractivity contribution >= 4 is 16.8 Å². The Morgan fingerprint density at radius 2 is 2.27 bits per heavy atom. The van der Waals surface area contributed by atoms with E-state index < -0.39 is 17.6 Å². The zero-order chi connectivity index (χ0) is 8.48. The van der Waals surface area contributed by atoms with E-state index in [2.05, 4.69) is 0 Å². The highest BCUT2D eigenvalue weighted by Crippen LogP contribution is 2.26. The molecule has 0 amide bonds. The molecule has 60 valence electrons. The van der Waals surface area contributed by atoms with Crippen LogP contribution in [0.25, 0.3) is 0 Å². The predicted molar refractivity (Wildman–Crippen MR) is 37.6 cm³/mol. The summed E-state index contributed by atoms with van der Waals surface area (Å²) in [6, 6.07) is 0. The molecule has 0 atom stereocenters. The highest BCUT2D eigenvalue weighted by molar-refractivity contribution is 6.68. The van der Waals surface area contributed by atoms with E-state index >= 15 is 0 Å². The first kappa shape index (κ1) is 8.40. The highest BCUT2D eigenvalue weighted by Gasteiger charge is 2.26. The maximum atomic E-state index is 12.4. The van der Waals surface area contributed by atoms with Crippen LogP contribution in [0.3, 0.4) is 0 Å². The summed E-state index contributed by atoms with van der Waals surface area (Å²) in [5.41, 5.74) is 0.137. The molecule has 0 saturated carbocycles. The highest BCUT2D eigenvalue weighted by atomic mass is 35.5. The van der Waals surface area contributed by atoms with Gasteiger partial charge in [-0.1, -0.05) is 6.08 Å². The second-order valence-corrected chi connectivity index (χ2v) is 2.57. The fourth-order valence-corrected chi connectivity index (χ4v) is 0.880. The Balaban J connectivity index is 2.75. The van der Waals surface area contributed by atoms with Crippen molar-refractivity contribution in [2.24, 2.45) is 0 Å². The molecule has 0 unspecified atom stereocenters. The summed E-state index contributed by atoms with van der Waals surface area (Å²) in [6.45, 7) is 0. The molecule has 0 spiro atoms. The van der Waals surface area contributed by atoms with Gasteiger partial charge in [-0.05, 0) is 23.8 Å². The van der Waals surface area contributed by atoms with Gasteiger partial charge in [0.25, 0.3) is 11.2 Å². The summed E-state index contributed by atoms with van der Waals surface area (Å²) in [4.78, 5) is 10.4. The molecule has 1 aliphatic rings. The summed E-state index contributed by atoms with van der Waals surface area (Å²) in [7, 11) is 0. The Labute approximate surface area is 67.3 Å². The molecule has 1 rings (SSSR count). The molecule has 0 aromatic carbocycles. The van der Waals surface area contributed by atoms with Crippen molar-refractivity contribution < 1.29 is 13.6 Å². The fourth-order valence-electron chi connectivity index (χ4n) is 0.740. The van der Waals surface area contributed by atoms with E-state index in [-0.39, 0.29) is 5.57 Å². The third-order valence-electron chi connectivity index (χ3n) is 1.33. The quantitative estimate of drug-likeness (QED) is 0.563. The number of carbonyl (C=O) groups excluding carboxylic acids is 1. The molecule has 0 bridgehead atoms. The number of rotatable bonds is 1. The lowest BCUT2D eigenvalue weighted by Gasteiger charge is -2.12. The van der Waals surface area contributed by atoms with Crippen LogP contribution in [0.4, 0.5) is 8.78 Å². The average Bonchev–Trinajstić information content (AvgIpc) is 1.86. The lowest BCUT2D eigenvalue weighted by Crippen LogP contribution is -2.14. The monoisotopic (exact) mass is 178 g/mol. The van der Waals surface area contributed by atoms with Crippen LogP contribution < -0.4 is 0 Å². The SMILES string of the molecule is O=C(Cl)C1=CCC(F)(F)C=C1. The third kappa shape index (κ3) is 2.12. The minimum atomic E-state index is -2.82. The molecule has 0 N–H and O–H groups in total. The van der Waals surface area contributed by atoms with Crippen molar-refractivity contribution in [1.82, 2.24) is 0 Å². The van der Waals surface area contributed by atoms with E-state index in [1.165, 1.54) is 0 Å². The van der Waals surface area contributed by atoms with Gasteiger partial charge in [0.05, 0.1) is 0 Å². The number of alkyl halides is 2. The molecule has 0 aromatic rings. The second-order valence-electron chi connectivity index (χ2n) is 2.23. The van der Waals surface area contributed by atoms with Gasteiger partial charge in [-0.15, -0.1) is 0 Å². The number of halogens is 3. The van der Waals surface area contributed by atoms with Gasteiger partial charge in [0.1, 0.15) is 0 Å². The Bertz CT molecular complexity index is 243. The lowest BCUT2D eigenvalue weighted by atomic mass is 10.1. The van der Waals surface area contributed by atoms with E-state index in [1.807, 2.05) is 0 Å². The Morgan fingerprint density at radius 3 is 2.64 bits per heavy atom. The number of allylic oxidation sites excluding steroid dienone is 4. The van der Waals surface area contributed by atoms with Gasteiger partial charge in [0, 0.05) is 12.0 Å². The van der Waals surface area contributed by atoms with Crippen LogP contribution in [-0.2, 0) is 4.79 Å². The molecule has 1 aliphatic carbocycles. The molecular weight excluding hydrogens is 174 g/mol. The summed E-state index contributed by atoms with van der Waals surface area (Å²) in [6.07, 6.45) is 2.41. The maximum Gasteiger partial charge on any atom is 0.270 e. The van der Waals surface area contributed by atoms with Gasteiger partial charge in [0.15, 0.2) is 0 Å². The van der Waals surface area contributed by atoms with Crippen molar-refractivity contribution in [1.29, 1.82) is 0 Å². The van der Waals surface area contributed by atoms with Crippen LogP contribution in [-0.4, -0.2) is 11.2 Å². The van der Waals surface area contributed by atoms with E-state index in [0.717, 1.165) is 12.2 Å². The first-order valence-corrected chi connectivity index (χ1v) is 3.36. The van der Waals surface area contributed by atoms with Gasteiger partial charge in [-0.2, -0.15) is 0 Å². The Hall–Kier alpha value is -0.700. The smallest absolute Gasteiger partial charge is 0.270 e. The normalized spacial score (nSPS) is 21.2. The molecule has 11 heavy (non-hydrogen) atoms. The van der Waals surface area contributed by atoms with Crippen LogP contribution in [0, 0.1) is 0 Å². The zero-order valence-electron chi connectivity index (χ0n) is 5.48. The molecule has 0 heterocycles. The van der Waals surface area contributed by atoms with Crippen molar-refractivity contribution in [3.05, 3.63) is 23.8 Å². The largest absolute Gasteiger partial charge is 0.276 e. The zero-order valence-corrected chi connectivity index (χ0v) is 6.24. The van der Waals surface area contributed by atoms with Crippen molar-refractivity contribution in [2.45, 2.75) is 12.3 Å².